The lowest BCUT2D eigenvalue weighted by Crippen LogP contribution is -2.43. The Morgan fingerprint density at radius 1 is 1.36 bits per heavy atom. The number of carbonyl (C=O) groups excluding carboxylic acids is 2. The number of amidine groups is 1. The standard InChI is InChI=1S/C9H13N3O2/c10-8(5-1-2-5)11-6-3-4-7(13)12-9(6)14/h5-6H,1-4H2,(H2,10,11)(H,12,13,14). The van der Waals surface area contributed by atoms with Gasteiger partial charge in [0.15, 0.2) is 0 Å². The van der Waals surface area contributed by atoms with Crippen LogP contribution in [0.15, 0.2) is 4.99 Å². The first kappa shape index (κ1) is 9.18. The van der Waals surface area contributed by atoms with Gasteiger partial charge in [-0.2, -0.15) is 0 Å². The van der Waals surface area contributed by atoms with E-state index in [1.165, 1.54) is 0 Å². The van der Waals surface area contributed by atoms with E-state index in [1.54, 1.807) is 0 Å². The van der Waals surface area contributed by atoms with Crippen LogP contribution >= 0.6 is 0 Å². The second-order valence-electron chi connectivity index (χ2n) is 3.80. The van der Waals surface area contributed by atoms with Crippen LogP contribution in [0.3, 0.4) is 0 Å². The molecule has 1 saturated carbocycles. The summed E-state index contributed by atoms with van der Waals surface area (Å²) in [5, 5.41) is 2.25. The van der Waals surface area contributed by atoms with Gasteiger partial charge in [0.1, 0.15) is 6.04 Å². The Morgan fingerprint density at radius 2 is 2.07 bits per heavy atom. The maximum Gasteiger partial charge on any atom is 0.251 e. The average Bonchev–Trinajstić information content (AvgIpc) is 2.92. The van der Waals surface area contributed by atoms with E-state index in [9.17, 15) is 9.59 Å². The van der Waals surface area contributed by atoms with Crippen LogP contribution in [-0.4, -0.2) is 23.7 Å². The Bertz CT molecular complexity index is 307. The first-order valence-corrected chi connectivity index (χ1v) is 4.83. The Morgan fingerprint density at radius 3 is 2.64 bits per heavy atom. The second kappa shape index (κ2) is 3.40. The van der Waals surface area contributed by atoms with Gasteiger partial charge in [0.05, 0.1) is 5.84 Å². The number of nitrogens with one attached hydrogen (secondary N) is 1. The fourth-order valence-electron chi connectivity index (χ4n) is 1.47. The Labute approximate surface area is 81.8 Å². The molecule has 1 heterocycles. The number of hydrogen-bond donors (Lipinski definition) is 2. The van der Waals surface area contributed by atoms with Crippen LogP contribution in [0.1, 0.15) is 25.7 Å². The van der Waals surface area contributed by atoms with Crippen molar-refractivity contribution < 1.29 is 9.59 Å². The zero-order chi connectivity index (χ0) is 10.1. The quantitative estimate of drug-likeness (QED) is 0.356. The van der Waals surface area contributed by atoms with Crippen LogP contribution in [0.2, 0.25) is 0 Å². The molecule has 76 valence electrons. The third-order valence-corrected chi connectivity index (χ3v) is 2.51. The normalized spacial score (nSPS) is 28.9. The number of nitrogens with two attached hydrogens (primary N) is 1. The van der Waals surface area contributed by atoms with E-state index in [4.69, 9.17) is 5.73 Å². The van der Waals surface area contributed by atoms with Crippen LogP contribution in [0, 0.1) is 5.92 Å². The summed E-state index contributed by atoms with van der Waals surface area (Å²) in [6.07, 6.45) is 2.99. The summed E-state index contributed by atoms with van der Waals surface area (Å²) in [5.41, 5.74) is 5.69. The SMILES string of the molecule is NC(=NC1CCC(=O)NC1=O)C1CC1. The van der Waals surface area contributed by atoms with Crippen LogP contribution in [-0.2, 0) is 9.59 Å². The first-order valence-electron chi connectivity index (χ1n) is 4.83. The molecule has 1 unspecified atom stereocenters. The molecule has 2 amide bonds. The van der Waals surface area contributed by atoms with E-state index in [0.717, 1.165) is 12.8 Å². The largest absolute Gasteiger partial charge is 0.387 e. The number of imide groups is 1. The van der Waals surface area contributed by atoms with E-state index in [0.29, 0.717) is 24.6 Å². The lowest BCUT2D eigenvalue weighted by Gasteiger charge is -2.17. The number of hydrogen-bond acceptors (Lipinski definition) is 3. The molecule has 0 spiro atoms. The molecular weight excluding hydrogens is 182 g/mol. The van der Waals surface area contributed by atoms with Gasteiger partial charge >= 0.3 is 0 Å². The Kier molecular flexibility index (Phi) is 2.23. The highest BCUT2D eigenvalue weighted by Crippen LogP contribution is 2.29. The van der Waals surface area contributed by atoms with E-state index in [1.807, 2.05) is 0 Å². The summed E-state index contributed by atoms with van der Waals surface area (Å²) in [5.74, 6) is 0.413. The molecule has 5 heteroatoms. The van der Waals surface area contributed by atoms with Gasteiger partial charge in [-0.3, -0.25) is 19.9 Å². The minimum Gasteiger partial charge on any atom is -0.387 e. The molecule has 1 saturated heterocycles. The number of nitrogens with zero attached hydrogens (tertiary/aromatic N) is 1. The van der Waals surface area contributed by atoms with Gasteiger partial charge in [0.2, 0.25) is 5.91 Å². The van der Waals surface area contributed by atoms with Crippen molar-refractivity contribution in [3.63, 3.8) is 0 Å². The Hall–Kier alpha value is -1.39. The van der Waals surface area contributed by atoms with Crippen molar-refractivity contribution in [2.24, 2.45) is 16.6 Å². The molecule has 3 N–H and O–H groups in total. The number of rotatable bonds is 2. The van der Waals surface area contributed by atoms with E-state index in [-0.39, 0.29) is 11.8 Å². The van der Waals surface area contributed by atoms with Crippen molar-refractivity contribution in [3.8, 4) is 0 Å². The predicted octanol–water partition coefficient (Wildman–Crippen LogP) is -0.441. The van der Waals surface area contributed by atoms with Crippen molar-refractivity contribution in [1.29, 1.82) is 0 Å². The summed E-state index contributed by atoms with van der Waals surface area (Å²) < 4.78 is 0. The second-order valence-corrected chi connectivity index (χ2v) is 3.80. The topological polar surface area (TPSA) is 84.5 Å². The summed E-state index contributed by atoms with van der Waals surface area (Å²) in [7, 11) is 0. The van der Waals surface area contributed by atoms with Crippen molar-refractivity contribution in [1.82, 2.24) is 5.32 Å². The van der Waals surface area contributed by atoms with E-state index in [2.05, 4.69) is 10.3 Å². The van der Waals surface area contributed by atoms with Gasteiger partial charge in [-0.25, -0.2) is 0 Å². The fourth-order valence-corrected chi connectivity index (χ4v) is 1.47. The predicted molar refractivity (Wildman–Crippen MR) is 50.5 cm³/mol. The molecule has 1 aliphatic heterocycles. The molecule has 0 bridgehead atoms. The van der Waals surface area contributed by atoms with Gasteiger partial charge in [-0.1, -0.05) is 0 Å². The third kappa shape index (κ3) is 1.92. The summed E-state index contributed by atoms with van der Waals surface area (Å²) in [6, 6.07) is -0.451. The molecule has 0 aromatic carbocycles. The van der Waals surface area contributed by atoms with Gasteiger partial charge in [0.25, 0.3) is 5.91 Å². The zero-order valence-corrected chi connectivity index (χ0v) is 7.82. The maximum absolute atomic E-state index is 11.3. The van der Waals surface area contributed by atoms with E-state index >= 15 is 0 Å². The number of amides is 2. The van der Waals surface area contributed by atoms with Crippen molar-refractivity contribution in [3.05, 3.63) is 0 Å². The number of carbonyl (C=O) groups is 2. The lowest BCUT2D eigenvalue weighted by atomic mass is 10.1. The molecule has 14 heavy (non-hydrogen) atoms. The van der Waals surface area contributed by atoms with Crippen molar-refractivity contribution in [2.45, 2.75) is 31.7 Å². The van der Waals surface area contributed by atoms with Crippen LogP contribution in [0.25, 0.3) is 0 Å². The summed E-state index contributed by atoms with van der Waals surface area (Å²) in [6.45, 7) is 0. The summed E-state index contributed by atoms with van der Waals surface area (Å²) in [4.78, 5) is 26.3. The molecular formula is C9H13N3O2. The molecule has 0 aromatic heterocycles. The van der Waals surface area contributed by atoms with Crippen LogP contribution in [0.5, 0.6) is 0 Å². The third-order valence-electron chi connectivity index (χ3n) is 2.51. The Balaban J connectivity index is 2.00. The summed E-state index contributed by atoms with van der Waals surface area (Å²) >= 11 is 0. The van der Waals surface area contributed by atoms with Crippen molar-refractivity contribution >= 4 is 17.6 Å². The smallest absolute Gasteiger partial charge is 0.251 e. The highest BCUT2D eigenvalue weighted by atomic mass is 16.2. The van der Waals surface area contributed by atoms with Gasteiger partial charge < -0.3 is 5.73 Å². The molecule has 0 radical (unpaired) electrons. The van der Waals surface area contributed by atoms with Gasteiger partial charge in [-0.15, -0.1) is 0 Å². The minimum absolute atomic E-state index is 0.216. The molecule has 1 atom stereocenters. The van der Waals surface area contributed by atoms with Crippen molar-refractivity contribution in [2.75, 3.05) is 0 Å². The highest BCUT2D eigenvalue weighted by molar-refractivity contribution is 6.01. The number of piperidine rings is 1. The number of aliphatic imine (C=N–C) groups is 1. The average molecular weight is 195 g/mol. The highest BCUT2D eigenvalue weighted by Gasteiger charge is 2.30. The van der Waals surface area contributed by atoms with Gasteiger partial charge in [0, 0.05) is 12.3 Å². The molecule has 2 fully saturated rings. The molecule has 5 nitrogen and oxygen atoms in total. The molecule has 2 rings (SSSR count). The maximum atomic E-state index is 11.3. The van der Waals surface area contributed by atoms with Crippen LogP contribution < -0.4 is 11.1 Å². The first-order chi connectivity index (χ1) is 6.66. The van der Waals surface area contributed by atoms with E-state index < -0.39 is 6.04 Å². The molecule has 1 aliphatic carbocycles. The monoisotopic (exact) mass is 195 g/mol. The van der Waals surface area contributed by atoms with Crippen LogP contribution in [0.4, 0.5) is 0 Å². The lowest BCUT2D eigenvalue weighted by molar-refractivity contribution is -0.133. The zero-order valence-electron chi connectivity index (χ0n) is 7.82. The fraction of sp³-hybridized carbons (Fsp3) is 0.667. The molecule has 2 aliphatic rings. The minimum atomic E-state index is -0.451. The molecule has 0 aromatic rings. The van der Waals surface area contributed by atoms with Gasteiger partial charge in [-0.05, 0) is 19.3 Å².